The van der Waals surface area contributed by atoms with E-state index in [4.69, 9.17) is 26.7 Å². The lowest BCUT2D eigenvalue weighted by molar-refractivity contribution is -0.124. The van der Waals surface area contributed by atoms with Crippen molar-refractivity contribution in [3.63, 3.8) is 0 Å². The Hall–Kier alpha value is -1.88. The Morgan fingerprint density at radius 1 is 1.35 bits per heavy atom. The Morgan fingerprint density at radius 2 is 1.95 bits per heavy atom. The number of ether oxygens (including phenoxy) is 1. The number of rotatable bonds is 5. The van der Waals surface area contributed by atoms with Gasteiger partial charge in [-0.3, -0.25) is 10.2 Å². The van der Waals surface area contributed by atoms with Crippen molar-refractivity contribution < 1.29 is 24.9 Å². The van der Waals surface area contributed by atoms with E-state index in [0.29, 0.717) is 0 Å². The zero-order valence-electron chi connectivity index (χ0n) is 10.8. The van der Waals surface area contributed by atoms with Crippen LogP contribution in [0, 0.1) is 5.41 Å². The first-order valence-corrected chi connectivity index (χ1v) is 5.78. The average molecular weight is 289 g/mol. The molecule has 1 rings (SSSR count). The number of hydrogen-bond donors (Lipinski definition) is 8. The average Bonchev–Trinajstić information content (AvgIpc) is 2.67. The van der Waals surface area contributed by atoms with Crippen LogP contribution in [0.5, 0.6) is 0 Å². The number of nitrogens with one attached hydrogen (secondary N) is 3. The van der Waals surface area contributed by atoms with E-state index < -0.39 is 42.9 Å². The van der Waals surface area contributed by atoms with Crippen molar-refractivity contribution in [2.75, 3.05) is 13.7 Å². The molecule has 0 bridgehead atoms. The minimum Gasteiger partial charge on any atom is -0.394 e. The monoisotopic (exact) mass is 289 g/mol. The number of amidine groups is 1. The third kappa shape index (κ3) is 3.17. The number of carbonyl (C=O) groups is 1. The SMILES string of the molecule is CN/C(C(=O)NC1OC(CO)C(O)C1O)=C(/N)C(=N)N. The molecular weight excluding hydrogens is 270 g/mol. The molecule has 114 valence electrons. The molecule has 1 fully saturated rings. The zero-order chi connectivity index (χ0) is 15.4. The van der Waals surface area contributed by atoms with Gasteiger partial charge in [0, 0.05) is 7.05 Å². The second-order valence-corrected chi connectivity index (χ2v) is 4.18. The number of likely N-dealkylation sites (N-methyl/N-ethyl adjacent to an activating group) is 1. The van der Waals surface area contributed by atoms with Gasteiger partial charge in [0.2, 0.25) is 0 Å². The fourth-order valence-corrected chi connectivity index (χ4v) is 1.73. The topological polar surface area (TPSA) is 187 Å². The van der Waals surface area contributed by atoms with E-state index in [-0.39, 0.29) is 11.4 Å². The van der Waals surface area contributed by atoms with Crippen LogP contribution in [0.15, 0.2) is 11.4 Å². The summed E-state index contributed by atoms with van der Waals surface area (Å²) in [4.78, 5) is 11.9. The highest BCUT2D eigenvalue weighted by Gasteiger charge is 2.43. The first-order chi connectivity index (χ1) is 9.33. The van der Waals surface area contributed by atoms with E-state index in [9.17, 15) is 15.0 Å². The lowest BCUT2D eigenvalue weighted by Crippen LogP contribution is -2.46. The quantitative estimate of drug-likeness (QED) is 0.142. The highest BCUT2D eigenvalue weighted by molar-refractivity contribution is 6.04. The number of hydrogen-bond acceptors (Lipinski definition) is 8. The summed E-state index contributed by atoms with van der Waals surface area (Å²) in [6.45, 7) is -0.505. The molecule has 1 aliphatic heterocycles. The van der Waals surface area contributed by atoms with Gasteiger partial charge in [-0.15, -0.1) is 0 Å². The maximum atomic E-state index is 11.9. The van der Waals surface area contributed by atoms with Crippen LogP contribution < -0.4 is 22.1 Å². The van der Waals surface area contributed by atoms with Crippen LogP contribution in [0.1, 0.15) is 0 Å². The summed E-state index contributed by atoms with van der Waals surface area (Å²) in [5, 5.41) is 40.1. The Balaban J connectivity index is 2.81. The van der Waals surface area contributed by atoms with Crippen molar-refractivity contribution in [3.8, 4) is 0 Å². The molecule has 4 atom stereocenters. The fourth-order valence-electron chi connectivity index (χ4n) is 1.73. The Labute approximate surface area is 114 Å². The highest BCUT2D eigenvalue weighted by atomic mass is 16.6. The van der Waals surface area contributed by atoms with Gasteiger partial charge in [0.05, 0.1) is 6.61 Å². The molecule has 0 saturated carbocycles. The van der Waals surface area contributed by atoms with Gasteiger partial charge in [-0.25, -0.2) is 0 Å². The van der Waals surface area contributed by atoms with Crippen LogP contribution in [-0.2, 0) is 9.53 Å². The van der Waals surface area contributed by atoms with Crippen molar-refractivity contribution in [2.24, 2.45) is 11.5 Å². The summed E-state index contributed by atoms with van der Waals surface area (Å²) in [5.74, 6) is -1.26. The molecule has 0 aliphatic carbocycles. The molecule has 0 aromatic heterocycles. The van der Waals surface area contributed by atoms with Gasteiger partial charge in [-0.05, 0) is 0 Å². The third-order valence-electron chi connectivity index (χ3n) is 2.85. The lowest BCUT2D eigenvalue weighted by atomic mass is 10.1. The van der Waals surface area contributed by atoms with E-state index in [1.54, 1.807) is 0 Å². The fraction of sp³-hybridized carbons (Fsp3) is 0.600. The van der Waals surface area contributed by atoms with Crippen LogP contribution in [0.25, 0.3) is 0 Å². The summed E-state index contributed by atoms with van der Waals surface area (Å²) < 4.78 is 5.08. The van der Waals surface area contributed by atoms with E-state index in [2.05, 4.69) is 10.6 Å². The van der Waals surface area contributed by atoms with Crippen molar-refractivity contribution in [3.05, 3.63) is 11.4 Å². The zero-order valence-corrected chi connectivity index (χ0v) is 10.8. The van der Waals surface area contributed by atoms with E-state index >= 15 is 0 Å². The van der Waals surface area contributed by atoms with Crippen molar-refractivity contribution in [1.29, 1.82) is 5.41 Å². The Morgan fingerprint density at radius 3 is 2.35 bits per heavy atom. The molecular formula is C10H19N5O5. The molecule has 1 aliphatic rings. The number of carbonyl (C=O) groups excluding carboxylic acids is 1. The van der Waals surface area contributed by atoms with Crippen LogP contribution in [0.3, 0.4) is 0 Å². The van der Waals surface area contributed by atoms with Gasteiger partial charge in [0.25, 0.3) is 5.91 Å². The van der Waals surface area contributed by atoms with Crippen molar-refractivity contribution in [1.82, 2.24) is 10.6 Å². The molecule has 1 heterocycles. The first kappa shape index (κ1) is 16.2. The third-order valence-corrected chi connectivity index (χ3v) is 2.85. The van der Waals surface area contributed by atoms with Crippen LogP contribution >= 0.6 is 0 Å². The number of aliphatic hydroxyl groups excluding tert-OH is 3. The summed E-state index contributed by atoms with van der Waals surface area (Å²) in [7, 11) is 1.40. The standard InChI is InChI=1S/C10H19N5O5/c1-14-5(4(11)8(12)13)9(19)15-10-7(18)6(17)3(2-16)20-10/h3,6-7,10,14,16-18H,2,11H2,1H3,(H3,12,13)(H,15,19)/b5-4+. The molecule has 10 heteroatoms. The minimum absolute atomic E-state index is 0.171. The molecule has 0 radical (unpaired) electrons. The lowest BCUT2D eigenvalue weighted by Gasteiger charge is -2.18. The molecule has 4 unspecified atom stereocenters. The molecule has 10 nitrogen and oxygen atoms in total. The predicted octanol–water partition coefficient (Wildman–Crippen LogP) is -4.13. The molecule has 20 heavy (non-hydrogen) atoms. The normalized spacial score (nSPS) is 30.6. The smallest absolute Gasteiger partial charge is 0.271 e. The first-order valence-electron chi connectivity index (χ1n) is 5.78. The minimum atomic E-state index is -1.40. The van der Waals surface area contributed by atoms with Gasteiger partial charge in [0.1, 0.15) is 35.5 Å². The van der Waals surface area contributed by atoms with Gasteiger partial charge >= 0.3 is 0 Å². The van der Waals surface area contributed by atoms with Crippen LogP contribution in [-0.4, -0.2) is 65.3 Å². The number of nitrogens with two attached hydrogens (primary N) is 2. The molecule has 1 amide bonds. The second-order valence-electron chi connectivity index (χ2n) is 4.18. The highest BCUT2D eigenvalue weighted by Crippen LogP contribution is 2.19. The number of aliphatic hydroxyl groups is 3. The summed E-state index contributed by atoms with van der Waals surface area (Å²) in [5.41, 5.74) is 10.2. The molecule has 0 aromatic carbocycles. The molecule has 10 N–H and O–H groups in total. The Kier molecular flexibility index (Phi) is 5.27. The summed E-state index contributed by atoms with van der Waals surface area (Å²) in [6, 6.07) is 0. The van der Waals surface area contributed by atoms with E-state index in [1.807, 2.05) is 0 Å². The van der Waals surface area contributed by atoms with Crippen molar-refractivity contribution in [2.45, 2.75) is 24.5 Å². The molecule has 0 aromatic rings. The van der Waals surface area contributed by atoms with Gasteiger partial charge in [-0.2, -0.15) is 0 Å². The second kappa shape index (κ2) is 6.52. The van der Waals surface area contributed by atoms with Crippen LogP contribution in [0.2, 0.25) is 0 Å². The maximum Gasteiger partial charge on any atom is 0.271 e. The van der Waals surface area contributed by atoms with Crippen LogP contribution in [0.4, 0.5) is 0 Å². The summed E-state index contributed by atoms with van der Waals surface area (Å²) >= 11 is 0. The maximum absolute atomic E-state index is 11.9. The number of amides is 1. The largest absolute Gasteiger partial charge is 0.394 e. The van der Waals surface area contributed by atoms with E-state index in [1.165, 1.54) is 7.05 Å². The predicted molar refractivity (Wildman–Crippen MR) is 68.1 cm³/mol. The van der Waals surface area contributed by atoms with Crippen molar-refractivity contribution >= 4 is 11.7 Å². The summed E-state index contributed by atoms with van der Waals surface area (Å²) in [6.07, 6.45) is -4.93. The van der Waals surface area contributed by atoms with Gasteiger partial charge < -0.3 is 42.2 Å². The van der Waals surface area contributed by atoms with Gasteiger partial charge in [-0.1, -0.05) is 0 Å². The Bertz CT molecular complexity index is 426. The van der Waals surface area contributed by atoms with Gasteiger partial charge in [0.15, 0.2) is 6.23 Å². The molecule has 0 spiro atoms. The molecule has 1 saturated heterocycles. The van der Waals surface area contributed by atoms with E-state index in [0.717, 1.165) is 0 Å².